The van der Waals surface area contributed by atoms with E-state index in [0.717, 1.165) is 51.7 Å². The minimum absolute atomic E-state index is 0. The maximum atomic E-state index is 12.6. The average molecular weight is 404 g/mol. The Kier molecular flexibility index (Phi) is 12.2. The Morgan fingerprint density at radius 3 is 2.23 bits per heavy atom. The Morgan fingerprint density at radius 2 is 1.73 bits per heavy atom. The Morgan fingerprint density at radius 1 is 1.15 bits per heavy atom. The molecule has 0 bridgehead atoms. The molecule has 0 saturated carbocycles. The molecule has 1 aliphatic heterocycles. The molecular weight excluding hydrogens is 369 g/mol. The van der Waals surface area contributed by atoms with Gasteiger partial charge in [-0.05, 0) is 37.7 Å². The van der Waals surface area contributed by atoms with Crippen molar-refractivity contribution in [2.75, 3.05) is 26.2 Å². The summed E-state index contributed by atoms with van der Waals surface area (Å²) in [5, 5.41) is 3.26. The van der Waals surface area contributed by atoms with Crippen molar-refractivity contribution < 1.29 is 4.79 Å². The molecule has 1 aliphatic rings. The molecule has 1 heterocycles. The van der Waals surface area contributed by atoms with Crippen molar-refractivity contribution in [3.63, 3.8) is 0 Å². The zero-order valence-electron chi connectivity index (χ0n) is 16.1. The number of likely N-dealkylation sites (tertiary alicyclic amines) is 1. The number of amides is 1. The number of nitrogens with one attached hydrogen (secondary N) is 1. The van der Waals surface area contributed by atoms with Crippen LogP contribution >= 0.6 is 24.8 Å². The van der Waals surface area contributed by atoms with Gasteiger partial charge in [-0.25, -0.2) is 0 Å². The van der Waals surface area contributed by atoms with Gasteiger partial charge in [0.2, 0.25) is 5.91 Å². The second-order valence-electron chi connectivity index (χ2n) is 7.02. The molecule has 4 nitrogen and oxygen atoms in total. The highest BCUT2D eigenvalue weighted by atomic mass is 35.5. The molecule has 0 atom stereocenters. The molecule has 1 fully saturated rings. The lowest BCUT2D eigenvalue weighted by Gasteiger charge is -2.35. The van der Waals surface area contributed by atoms with Gasteiger partial charge in [-0.3, -0.25) is 4.79 Å². The van der Waals surface area contributed by atoms with E-state index < -0.39 is 0 Å². The van der Waals surface area contributed by atoms with Crippen LogP contribution in [0.1, 0.15) is 45.1 Å². The Hall–Kier alpha value is -0.810. The van der Waals surface area contributed by atoms with E-state index in [2.05, 4.69) is 54.4 Å². The summed E-state index contributed by atoms with van der Waals surface area (Å²) in [6, 6.07) is 10.9. The number of halogens is 2. The molecule has 1 amide bonds. The van der Waals surface area contributed by atoms with Gasteiger partial charge in [-0.2, -0.15) is 0 Å². The fourth-order valence-electron chi connectivity index (χ4n) is 3.52. The number of nitrogens with zero attached hydrogens (tertiary/aromatic N) is 1. The molecule has 3 N–H and O–H groups in total. The molecule has 0 radical (unpaired) electrons. The summed E-state index contributed by atoms with van der Waals surface area (Å²) in [6.45, 7) is 7.77. The van der Waals surface area contributed by atoms with Crippen molar-refractivity contribution in [2.24, 2.45) is 11.1 Å². The van der Waals surface area contributed by atoms with Crippen molar-refractivity contribution >= 4 is 30.7 Å². The number of carbonyl (C=O) groups is 1. The van der Waals surface area contributed by atoms with E-state index in [1.807, 2.05) is 0 Å². The van der Waals surface area contributed by atoms with Crippen molar-refractivity contribution in [3.8, 4) is 0 Å². The largest absolute Gasteiger partial charge is 0.353 e. The molecule has 6 heteroatoms. The van der Waals surface area contributed by atoms with E-state index in [4.69, 9.17) is 5.73 Å². The van der Waals surface area contributed by atoms with Crippen LogP contribution in [0.2, 0.25) is 0 Å². The molecule has 0 spiro atoms. The molecule has 1 saturated heterocycles. The lowest BCUT2D eigenvalue weighted by Crippen LogP contribution is -2.51. The van der Waals surface area contributed by atoms with Gasteiger partial charge >= 0.3 is 0 Å². The zero-order chi connectivity index (χ0) is 17.4. The number of piperidine rings is 1. The maximum Gasteiger partial charge on any atom is 0.227 e. The molecule has 150 valence electrons. The van der Waals surface area contributed by atoms with Crippen LogP contribution in [0.15, 0.2) is 30.3 Å². The molecular formula is C20H35Cl2N3O. The molecule has 1 aromatic rings. The minimum atomic E-state index is -0.384. The number of hydrogen-bond acceptors (Lipinski definition) is 3. The van der Waals surface area contributed by atoms with Gasteiger partial charge in [0.25, 0.3) is 0 Å². The second kappa shape index (κ2) is 12.6. The van der Waals surface area contributed by atoms with E-state index in [1.165, 1.54) is 5.56 Å². The third kappa shape index (κ3) is 6.73. The number of nitrogens with two attached hydrogens (primary N) is 1. The van der Waals surface area contributed by atoms with Crippen LogP contribution < -0.4 is 11.1 Å². The lowest BCUT2D eigenvalue weighted by molar-refractivity contribution is -0.132. The number of rotatable bonds is 8. The average Bonchev–Trinajstić information content (AvgIpc) is 2.64. The summed E-state index contributed by atoms with van der Waals surface area (Å²) in [6.07, 6.45) is 4.78. The van der Waals surface area contributed by atoms with E-state index in [9.17, 15) is 4.79 Å². The van der Waals surface area contributed by atoms with Crippen LogP contribution in [0.3, 0.4) is 0 Å². The highest BCUT2D eigenvalue weighted by Gasteiger charge is 2.34. The number of carbonyl (C=O) groups excluding carboxylic acids is 1. The van der Waals surface area contributed by atoms with Crippen molar-refractivity contribution in [2.45, 2.75) is 52.0 Å². The topological polar surface area (TPSA) is 58.4 Å². The van der Waals surface area contributed by atoms with Crippen LogP contribution in [0.4, 0.5) is 0 Å². The lowest BCUT2D eigenvalue weighted by atomic mass is 9.81. The minimum Gasteiger partial charge on any atom is -0.353 e. The molecule has 2 rings (SSSR count). The Balaban J connectivity index is 0.00000312. The van der Waals surface area contributed by atoms with Gasteiger partial charge in [0.05, 0.1) is 5.41 Å². The van der Waals surface area contributed by atoms with Crippen LogP contribution in [0.25, 0.3) is 0 Å². The molecule has 0 aliphatic carbocycles. The highest BCUT2D eigenvalue weighted by Crippen LogP contribution is 2.26. The predicted molar refractivity (Wildman–Crippen MR) is 114 cm³/mol. The van der Waals surface area contributed by atoms with Gasteiger partial charge in [0, 0.05) is 32.2 Å². The molecule has 0 unspecified atom stereocenters. The van der Waals surface area contributed by atoms with Gasteiger partial charge in [0.1, 0.15) is 0 Å². The van der Waals surface area contributed by atoms with Crippen LogP contribution in [-0.2, 0) is 11.2 Å². The van der Waals surface area contributed by atoms with Crippen molar-refractivity contribution in [3.05, 3.63) is 35.9 Å². The fourth-order valence-corrected chi connectivity index (χ4v) is 3.52. The summed E-state index contributed by atoms with van der Waals surface area (Å²) in [5.74, 6) is 0.151. The summed E-state index contributed by atoms with van der Waals surface area (Å²) in [7, 11) is 0. The van der Waals surface area contributed by atoms with Crippen LogP contribution in [0, 0.1) is 5.41 Å². The SMILES string of the molecule is CCC(CC)(CN)C(=O)NC1CCN(CCc2ccccc2)CC1.Cl.Cl. The molecule has 0 aromatic heterocycles. The smallest absolute Gasteiger partial charge is 0.227 e. The highest BCUT2D eigenvalue weighted by molar-refractivity contribution is 5.85. The third-order valence-electron chi connectivity index (χ3n) is 5.71. The van der Waals surface area contributed by atoms with E-state index in [-0.39, 0.29) is 36.1 Å². The zero-order valence-corrected chi connectivity index (χ0v) is 17.7. The first-order valence-electron chi connectivity index (χ1n) is 9.41. The quantitative estimate of drug-likeness (QED) is 0.698. The molecule has 1 aromatic carbocycles. The fraction of sp³-hybridized carbons (Fsp3) is 0.650. The predicted octanol–water partition coefficient (Wildman–Crippen LogP) is 3.42. The van der Waals surface area contributed by atoms with Gasteiger partial charge in [-0.15, -0.1) is 24.8 Å². The van der Waals surface area contributed by atoms with Crippen LogP contribution in [0.5, 0.6) is 0 Å². The van der Waals surface area contributed by atoms with E-state index in [1.54, 1.807) is 0 Å². The summed E-state index contributed by atoms with van der Waals surface area (Å²) in [4.78, 5) is 15.1. The second-order valence-corrected chi connectivity index (χ2v) is 7.02. The first-order valence-corrected chi connectivity index (χ1v) is 9.41. The van der Waals surface area contributed by atoms with Gasteiger partial charge in [-0.1, -0.05) is 44.2 Å². The van der Waals surface area contributed by atoms with E-state index in [0.29, 0.717) is 12.6 Å². The molecule has 26 heavy (non-hydrogen) atoms. The summed E-state index contributed by atoms with van der Waals surface area (Å²) < 4.78 is 0. The maximum absolute atomic E-state index is 12.6. The van der Waals surface area contributed by atoms with Crippen LogP contribution in [-0.4, -0.2) is 43.0 Å². The normalized spacial score (nSPS) is 15.7. The van der Waals surface area contributed by atoms with E-state index >= 15 is 0 Å². The van der Waals surface area contributed by atoms with Gasteiger partial charge in [0.15, 0.2) is 0 Å². The van der Waals surface area contributed by atoms with Crippen molar-refractivity contribution in [1.82, 2.24) is 10.2 Å². The summed E-state index contributed by atoms with van der Waals surface area (Å²) in [5.41, 5.74) is 6.89. The monoisotopic (exact) mass is 403 g/mol. The first kappa shape index (κ1) is 25.2. The number of hydrogen-bond donors (Lipinski definition) is 2. The number of benzene rings is 1. The third-order valence-corrected chi connectivity index (χ3v) is 5.71. The summed E-state index contributed by atoms with van der Waals surface area (Å²) >= 11 is 0. The van der Waals surface area contributed by atoms with Crippen molar-refractivity contribution in [1.29, 1.82) is 0 Å². The van der Waals surface area contributed by atoms with Gasteiger partial charge < -0.3 is 16.0 Å². The Labute approximate surface area is 171 Å². The Bertz CT molecular complexity index is 493. The standard InChI is InChI=1S/C20H33N3O.2ClH/c1-3-20(4-2,16-21)19(24)22-18-11-14-23(15-12-18)13-10-17-8-6-5-7-9-17;;/h5-9,18H,3-4,10-16,21H2,1-2H3,(H,22,24);2*1H. The first-order chi connectivity index (χ1) is 11.6.